The normalized spacial score (nSPS) is 19.6. The van der Waals surface area contributed by atoms with Crippen molar-refractivity contribution in [3.8, 4) is 5.75 Å². The molecule has 0 unspecified atom stereocenters. The van der Waals surface area contributed by atoms with Crippen molar-refractivity contribution in [2.75, 3.05) is 0 Å². The van der Waals surface area contributed by atoms with Gasteiger partial charge in [-0.2, -0.15) is 8.78 Å². The first-order chi connectivity index (χ1) is 11.9. The van der Waals surface area contributed by atoms with Gasteiger partial charge in [0.1, 0.15) is 11.4 Å². The zero-order valence-electron chi connectivity index (χ0n) is 12.7. The molecule has 1 N–H and O–H groups in total. The molecule has 130 valence electrons. The van der Waals surface area contributed by atoms with Crippen molar-refractivity contribution in [3.05, 3.63) is 63.0 Å². The van der Waals surface area contributed by atoms with E-state index in [1.807, 2.05) is 22.7 Å². The minimum absolute atomic E-state index is 0.0504. The van der Waals surface area contributed by atoms with E-state index in [-0.39, 0.29) is 11.7 Å². The number of ether oxygens (including phenoxy) is 1. The van der Waals surface area contributed by atoms with Gasteiger partial charge >= 0.3 is 6.61 Å². The molecule has 1 aromatic carbocycles. The average Bonchev–Trinajstić information content (AvgIpc) is 3.07. The van der Waals surface area contributed by atoms with Gasteiger partial charge in [0.15, 0.2) is 0 Å². The highest BCUT2D eigenvalue weighted by atomic mass is 79.9. The third kappa shape index (κ3) is 2.90. The minimum atomic E-state index is -2.94. The Morgan fingerprint density at radius 3 is 2.88 bits per heavy atom. The van der Waals surface area contributed by atoms with Crippen LogP contribution in [-0.4, -0.2) is 21.1 Å². The molecule has 3 aromatic rings. The summed E-state index contributed by atoms with van der Waals surface area (Å²) in [5.74, 6) is -0.309. The van der Waals surface area contributed by atoms with E-state index in [4.69, 9.17) is 11.6 Å². The van der Waals surface area contributed by atoms with Crippen molar-refractivity contribution < 1.29 is 18.6 Å². The molecule has 0 saturated carbocycles. The highest BCUT2D eigenvalue weighted by Crippen LogP contribution is 2.47. The fourth-order valence-electron chi connectivity index (χ4n) is 3.36. The first-order valence-electron chi connectivity index (χ1n) is 7.53. The number of benzene rings is 1. The minimum Gasteiger partial charge on any atom is -0.435 e. The molecule has 4 rings (SSSR count). The van der Waals surface area contributed by atoms with Crippen LogP contribution >= 0.6 is 27.5 Å². The number of aliphatic hydroxyl groups excluding tert-OH is 1. The zero-order chi connectivity index (χ0) is 17.7. The summed E-state index contributed by atoms with van der Waals surface area (Å²) in [7, 11) is 0. The number of nitrogens with zero attached hydrogens (tertiary/aromatic N) is 2. The summed E-state index contributed by atoms with van der Waals surface area (Å²) in [5.41, 5.74) is 2.49. The molecule has 0 radical (unpaired) electrons. The molecule has 0 bridgehead atoms. The van der Waals surface area contributed by atoms with Gasteiger partial charge < -0.3 is 14.2 Å². The van der Waals surface area contributed by atoms with Gasteiger partial charge in [0.2, 0.25) is 0 Å². The second-order valence-electron chi connectivity index (χ2n) is 5.82. The lowest BCUT2D eigenvalue weighted by molar-refractivity contribution is -0.0505. The number of rotatable bonds is 3. The maximum atomic E-state index is 12.8. The van der Waals surface area contributed by atoms with Gasteiger partial charge in [-0.3, -0.25) is 0 Å². The Morgan fingerprint density at radius 2 is 2.12 bits per heavy atom. The Balaban J connectivity index is 1.91. The number of halogens is 4. The number of hydrogen-bond donors (Lipinski definition) is 1. The van der Waals surface area contributed by atoms with Crippen LogP contribution in [0.25, 0.3) is 5.65 Å². The van der Waals surface area contributed by atoms with E-state index < -0.39 is 12.7 Å². The molecule has 0 fully saturated rings. The Kier molecular flexibility index (Phi) is 4.17. The largest absolute Gasteiger partial charge is 0.435 e. The Bertz CT molecular complexity index is 963. The van der Waals surface area contributed by atoms with Crippen molar-refractivity contribution >= 4 is 33.2 Å². The molecule has 2 heterocycles. The smallest absolute Gasteiger partial charge is 0.387 e. The van der Waals surface area contributed by atoms with Crippen LogP contribution in [0.4, 0.5) is 8.78 Å². The molecule has 2 aromatic heterocycles. The second kappa shape index (κ2) is 6.23. The summed E-state index contributed by atoms with van der Waals surface area (Å²) >= 11 is 9.50. The highest BCUT2D eigenvalue weighted by molar-refractivity contribution is 9.10. The van der Waals surface area contributed by atoms with Gasteiger partial charge in [-0.25, -0.2) is 4.98 Å². The summed E-state index contributed by atoms with van der Waals surface area (Å²) in [5, 5.41) is 10.8. The molecular weight excluding hydrogens is 418 g/mol. The van der Waals surface area contributed by atoms with E-state index in [1.165, 1.54) is 12.1 Å². The number of aliphatic hydroxyl groups is 1. The van der Waals surface area contributed by atoms with Crippen molar-refractivity contribution in [2.45, 2.75) is 25.1 Å². The monoisotopic (exact) mass is 428 g/mol. The van der Waals surface area contributed by atoms with Gasteiger partial charge in [0.25, 0.3) is 0 Å². The second-order valence-corrected chi connectivity index (χ2v) is 7.17. The van der Waals surface area contributed by atoms with E-state index in [0.717, 1.165) is 10.2 Å². The van der Waals surface area contributed by atoms with E-state index >= 15 is 0 Å². The topological polar surface area (TPSA) is 46.8 Å². The van der Waals surface area contributed by atoms with Crippen LogP contribution in [0.5, 0.6) is 5.75 Å². The lowest BCUT2D eigenvalue weighted by Crippen LogP contribution is -2.08. The third-order valence-electron chi connectivity index (χ3n) is 4.32. The van der Waals surface area contributed by atoms with Crippen molar-refractivity contribution in [2.24, 2.45) is 0 Å². The Labute approximate surface area is 155 Å². The lowest BCUT2D eigenvalue weighted by atomic mass is 9.95. The van der Waals surface area contributed by atoms with Gasteiger partial charge in [-0.1, -0.05) is 11.6 Å². The van der Waals surface area contributed by atoms with Crippen LogP contribution in [0.3, 0.4) is 0 Å². The molecule has 4 nitrogen and oxygen atoms in total. The first kappa shape index (κ1) is 16.8. The molecular formula is C17H12BrClF2N2O2. The van der Waals surface area contributed by atoms with Crippen LogP contribution in [0.1, 0.15) is 35.4 Å². The molecule has 8 heteroatoms. The molecule has 25 heavy (non-hydrogen) atoms. The zero-order valence-corrected chi connectivity index (χ0v) is 15.0. The maximum absolute atomic E-state index is 12.8. The fraction of sp³-hybridized carbons (Fsp3) is 0.235. The maximum Gasteiger partial charge on any atom is 0.387 e. The van der Waals surface area contributed by atoms with Crippen molar-refractivity contribution in [1.29, 1.82) is 0 Å². The first-order valence-corrected chi connectivity index (χ1v) is 8.71. The van der Waals surface area contributed by atoms with Crippen LogP contribution in [0.2, 0.25) is 5.02 Å². The lowest BCUT2D eigenvalue weighted by Gasteiger charge is -2.18. The quantitative estimate of drug-likeness (QED) is 0.643. The Hall–Kier alpha value is -1.70. The Morgan fingerprint density at radius 1 is 1.32 bits per heavy atom. The fourth-order valence-corrected chi connectivity index (χ4v) is 3.88. The van der Waals surface area contributed by atoms with Crippen LogP contribution < -0.4 is 4.74 Å². The summed E-state index contributed by atoms with van der Waals surface area (Å²) in [4.78, 5) is 4.47. The highest BCUT2D eigenvalue weighted by Gasteiger charge is 2.37. The van der Waals surface area contributed by atoms with Crippen LogP contribution in [-0.2, 0) is 0 Å². The molecule has 1 aliphatic carbocycles. The number of fused-ring (bicyclic) bond motifs is 3. The van der Waals surface area contributed by atoms with Gasteiger partial charge in [-0.05, 0) is 52.7 Å². The van der Waals surface area contributed by atoms with E-state index in [1.54, 1.807) is 6.07 Å². The molecule has 0 aliphatic heterocycles. The van der Waals surface area contributed by atoms with Gasteiger partial charge in [0.05, 0.1) is 17.5 Å². The van der Waals surface area contributed by atoms with E-state index in [9.17, 15) is 13.9 Å². The summed E-state index contributed by atoms with van der Waals surface area (Å²) < 4.78 is 32.9. The van der Waals surface area contributed by atoms with Crippen LogP contribution in [0.15, 0.2) is 41.0 Å². The van der Waals surface area contributed by atoms with E-state index in [0.29, 0.717) is 28.3 Å². The molecule has 2 atom stereocenters. The summed E-state index contributed by atoms with van der Waals surface area (Å²) in [6, 6.07) is 8.20. The predicted molar refractivity (Wildman–Crippen MR) is 92.4 cm³/mol. The molecule has 0 saturated heterocycles. The number of imidazole rings is 1. The predicted octanol–water partition coefficient (Wildman–Crippen LogP) is 4.92. The van der Waals surface area contributed by atoms with Crippen LogP contribution in [0, 0.1) is 0 Å². The van der Waals surface area contributed by atoms with Crippen molar-refractivity contribution in [3.63, 3.8) is 0 Å². The SMILES string of the molecule is O[C@@H]1C[C@H](c2cc(Cl)ccc2OC(F)F)c2c1nc1ccc(Br)cn21. The molecule has 1 aliphatic rings. The number of alkyl halides is 2. The van der Waals surface area contributed by atoms with Gasteiger partial charge in [-0.15, -0.1) is 0 Å². The summed E-state index contributed by atoms with van der Waals surface area (Å²) in [6.45, 7) is -2.94. The number of aromatic nitrogens is 2. The van der Waals surface area contributed by atoms with Crippen molar-refractivity contribution in [1.82, 2.24) is 9.38 Å². The van der Waals surface area contributed by atoms with Gasteiger partial charge in [0, 0.05) is 27.2 Å². The number of hydrogen-bond acceptors (Lipinski definition) is 3. The average molecular weight is 430 g/mol. The number of pyridine rings is 1. The molecule has 0 spiro atoms. The third-order valence-corrected chi connectivity index (χ3v) is 5.02. The summed E-state index contributed by atoms with van der Waals surface area (Å²) in [6.07, 6.45) is 1.38. The molecule has 0 amide bonds. The standard InChI is InChI=1S/C17H12BrClF2N2O2/c18-8-1-4-14-22-15-12(24)6-11(16(15)23(14)7-8)10-5-9(19)2-3-13(10)25-17(20)21/h1-5,7,11-12,17,24H,6H2/t11-,12-/m1/s1. The van der Waals surface area contributed by atoms with E-state index in [2.05, 4.69) is 25.7 Å².